The summed E-state index contributed by atoms with van der Waals surface area (Å²) in [6.45, 7) is 3.36. The summed E-state index contributed by atoms with van der Waals surface area (Å²) in [6.07, 6.45) is -3.03. The van der Waals surface area contributed by atoms with Gasteiger partial charge in [-0.3, -0.25) is 52.9 Å². The molecule has 1 heterocycles. The molecule has 1 fully saturated rings. The van der Waals surface area contributed by atoms with Crippen LogP contribution in [0.2, 0.25) is 0 Å². The van der Waals surface area contributed by atoms with E-state index in [0.29, 0.717) is 6.42 Å². The van der Waals surface area contributed by atoms with Crippen LogP contribution in [0.1, 0.15) is 84.5 Å². The lowest BCUT2D eigenvalue weighted by Crippen LogP contribution is -2.60. The Labute approximate surface area is 349 Å². The minimum Gasteiger partial charge on any atom is -0.481 e. The average molecular weight is 871 g/mol. The number of hydrogen-bond acceptors (Lipinski definition) is 13. The van der Waals surface area contributed by atoms with Gasteiger partial charge in [-0.1, -0.05) is 20.3 Å². The highest BCUT2D eigenvalue weighted by atomic mass is 16.4. The van der Waals surface area contributed by atoms with E-state index in [2.05, 4.69) is 31.6 Å². The van der Waals surface area contributed by atoms with E-state index in [0.717, 1.165) is 4.90 Å². The van der Waals surface area contributed by atoms with Gasteiger partial charge in [-0.15, -0.1) is 0 Å². The van der Waals surface area contributed by atoms with Gasteiger partial charge in [-0.2, -0.15) is 0 Å². The third-order valence-corrected chi connectivity index (χ3v) is 9.54. The zero-order chi connectivity index (χ0) is 46.6. The van der Waals surface area contributed by atoms with E-state index in [1.54, 1.807) is 13.8 Å². The summed E-state index contributed by atoms with van der Waals surface area (Å²) < 4.78 is 0. The van der Waals surface area contributed by atoms with Crippen LogP contribution < -0.4 is 55.3 Å². The third kappa shape index (κ3) is 18.9. The molecule has 26 heteroatoms. The number of carboxylic acids is 3. The molecular weight excluding hydrogens is 812 g/mol. The summed E-state index contributed by atoms with van der Waals surface area (Å²) in [4.78, 5) is 144. The molecule has 0 aromatic rings. The Morgan fingerprint density at radius 2 is 1.20 bits per heavy atom. The molecule has 8 amide bonds. The second-order valence-corrected chi connectivity index (χ2v) is 14.4. The molecule has 1 rings (SSSR count). The molecule has 8 atom stereocenters. The SMILES string of the molecule is CC[C@H](C)[C@H](NC(=O)[C@@H]1CCCN1C(=O)[C@H](CC(=O)O)NC(=O)[C@H](CCC(N)=O)NC(=O)[C@H](CCC(N)=O)NC(=O)[C@@H](N)CC(=O)O)C(=O)N[C@@H](CCCN=C(N)N)C(=O)O. The Morgan fingerprint density at radius 3 is 1.67 bits per heavy atom. The Hall–Kier alpha value is -6.60. The maximum absolute atomic E-state index is 14.0. The van der Waals surface area contributed by atoms with Crippen molar-refractivity contribution in [2.24, 2.45) is 39.6 Å². The number of guanidine groups is 1. The van der Waals surface area contributed by atoms with Gasteiger partial charge >= 0.3 is 17.9 Å². The molecule has 26 nitrogen and oxygen atoms in total. The summed E-state index contributed by atoms with van der Waals surface area (Å²) in [5, 5.41) is 40.0. The standard InChI is InChI=1S/C35H58N12O14/c1-3-16(2)27(32(58)44-20(34(60)61)6-4-12-41-35(39)40)46-31(57)22-7-5-13-47(22)33(59)21(15-26(52)53)45-30(56)19(9-11-24(38)49)43-29(55)18(8-10-23(37)48)42-28(54)17(36)14-25(50)51/h16-22,27H,3-15,36H2,1-2H3,(H2,37,48)(H2,38,49)(H,42,54)(H,43,55)(H,44,58)(H,45,56)(H,46,57)(H,50,51)(H,52,53)(H,60,61)(H4,39,40,41)/t16-,17-,18-,19-,20-,21-,22-,27-/m0/s1. The predicted octanol–water partition coefficient (Wildman–Crippen LogP) is -5.61. The quantitative estimate of drug-likeness (QED) is 0.0198. The molecule has 1 aliphatic rings. The molecule has 18 N–H and O–H groups in total. The number of likely N-dealkylation sites (tertiary alicyclic amines) is 1. The Balaban J connectivity index is 3.34. The number of rotatable bonds is 28. The minimum atomic E-state index is -1.87. The Kier molecular flexibility index (Phi) is 22.2. The number of aliphatic imine (C=N–C) groups is 1. The zero-order valence-electron chi connectivity index (χ0n) is 33.9. The first-order chi connectivity index (χ1) is 28.5. The van der Waals surface area contributed by atoms with E-state index >= 15 is 0 Å². The van der Waals surface area contributed by atoms with Crippen molar-refractivity contribution < 1.29 is 68.1 Å². The number of nitrogens with one attached hydrogen (secondary N) is 5. The normalized spacial score (nSPS) is 16.8. The van der Waals surface area contributed by atoms with Crippen molar-refractivity contribution >= 4 is 71.1 Å². The number of carbonyl (C=O) groups excluding carboxylic acids is 8. The fourth-order valence-corrected chi connectivity index (χ4v) is 6.07. The van der Waals surface area contributed by atoms with Crippen LogP contribution in [-0.4, -0.2) is 147 Å². The molecule has 1 saturated heterocycles. The Morgan fingerprint density at radius 1 is 0.689 bits per heavy atom. The van der Waals surface area contributed by atoms with Crippen LogP contribution in [0.3, 0.4) is 0 Å². The molecule has 0 saturated carbocycles. The molecule has 0 spiro atoms. The average Bonchev–Trinajstić information content (AvgIpc) is 3.66. The molecule has 1 aliphatic heterocycles. The van der Waals surface area contributed by atoms with Crippen LogP contribution >= 0.6 is 0 Å². The second kappa shape index (κ2) is 25.8. The van der Waals surface area contributed by atoms with E-state index in [-0.39, 0.29) is 44.7 Å². The van der Waals surface area contributed by atoms with Crippen LogP contribution in [0.5, 0.6) is 0 Å². The van der Waals surface area contributed by atoms with Crippen LogP contribution in [0.4, 0.5) is 0 Å². The third-order valence-electron chi connectivity index (χ3n) is 9.54. The van der Waals surface area contributed by atoms with E-state index in [9.17, 15) is 63.0 Å². The van der Waals surface area contributed by atoms with E-state index in [1.165, 1.54) is 0 Å². The van der Waals surface area contributed by atoms with Crippen molar-refractivity contribution in [2.45, 2.75) is 127 Å². The maximum Gasteiger partial charge on any atom is 0.326 e. The van der Waals surface area contributed by atoms with Gasteiger partial charge in [0.2, 0.25) is 47.3 Å². The lowest BCUT2D eigenvalue weighted by molar-refractivity contribution is -0.146. The number of nitrogens with two attached hydrogens (primary N) is 5. The largest absolute Gasteiger partial charge is 0.481 e. The molecule has 0 aromatic heterocycles. The van der Waals surface area contributed by atoms with E-state index < -0.39 is 152 Å². The molecule has 0 unspecified atom stereocenters. The highest BCUT2D eigenvalue weighted by Gasteiger charge is 2.41. The van der Waals surface area contributed by atoms with Crippen molar-refractivity contribution in [1.82, 2.24) is 31.5 Å². The van der Waals surface area contributed by atoms with Gasteiger partial charge < -0.3 is 75.5 Å². The fraction of sp³-hybridized carbons (Fsp3) is 0.657. The summed E-state index contributed by atoms with van der Waals surface area (Å²) in [7, 11) is 0. The second-order valence-electron chi connectivity index (χ2n) is 14.4. The molecular formula is C35H58N12O14. The fourth-order valence-electron chi connectivity index (χ4n) is 6.07. The number of amides is 8. The highest BCUT2D eigenvalue weighted by Crippen LogP contribution is 2.21. The number of hydrogen-bond donors (Lipinski definition) is 13. The maximum atomic E-state index is 14.0. The first kappa shape index (κ1) is 52.4. The van der Waals surface area contributed by atoms with E-state index in [1.807, 2.05) is 0 Å². The number of aliphatic carboxylic acids is 3. The van der Waals surface area contributed by atoms with Gasteiger partial charge in [0.1, 0.15) is 36.3 Å². The number of carbonyl (C=O) groups is 11. The topological polar surface area (TPSA) is 454 Å². The molecule has 0 bridgehead atoms. The minimum absolute atomic E-state index is 0.0501. The monoisotopic (exact) mass is 870 g/mol. The van der Waals surface area contributed by atoms with Gasteiger partial charge in [-0.25, -0.2) is 4.79 Å². The molecule has 0 aliphatic carbocycles. The lowest BCUT2D eigenvalue weighted by atomic mass is 9.97. The first-order valence-corrected chi connectivity index (χ1v) is 19.3. The van der Waals surface area contributed by atoms with Crippen molar-refractivity contribution in [2.75, 3.05) is 13.1 Å². The van der Waals surface area contributed by atoms with Crippen LogP contribution in [0.25, 0.3) is 0 Å². The number of carboxylic acid groups (broad SMARTS) is 3. The Bertz CT molecular complexity index is 1670. The van der Waals surface area contributed by atoms with Gasteiger partial charge in [-0.05, 0) is 44.4 Å². The van der Waals surface area contributed by atoms with Crippen LogP contribution in [0, 0.1) is 5.92 Å². The molecule has 342 valence electrons. The first-order valence-electron chi connectivity index (χ1n) is 19.3. The summed E-state index contributed by atoms with van der Waals surface area (Å²) in [5.41, 5.74) is 26.6. The van der Waals surface area contributed by atoms with Crippen LogP contribution in [0.15, 0.2) is 4.99 Å². The number of nitrogens with zero attached hydrogens (tertiary/aromatic N) is 2. The summed E-state index contributed by atoms with van der Waals surface area (Å²) in [5.74, 6) is -13.1. The molecule has 0 radical (unpaired) electrons. The van der Waals surface area contributed by atoms with Crippen molar-refractivity contribution in [3.8, 4) is 0 Å². The van der Waals surface area contributed by atoms with Crippen molar-refractivity contribution in [3.05, 3.63) is 0 Å². The summed E-state index contributed by atoms with van der Waals surface area (Å²) >= 11 is 0. The predicted molar refractivity (Wildman–Crippen MR) is 211 cm³/mol. The van der Waals surface area contributed by atoms with E-state index in [4.69, 9.17) is 33.8 Å². The summed E-state index contributed by atoms with van der Waals surface area (Å²) in [6, 6.07) is -10.8. The van der Waals surface area contributed by atoms with Gasteiger partial charge in [0.05, 0.1) is 18.9 Å². The smallest absolute Gasteiger partial charge is 0.326 e. The zero-order valence-corrected chi connectivity index (χ0v) is 33.9. The van der Waals surface area contributed by atoms with Gasteiger partial charge in [0.15, 0.2) is 5.96 Å². The molecule has 0 aromatic carbocycles. The van der Waals surface area contributed by atoms with Crippen LogP contribution in [-0.2, 0) is 52.7 Å². The van der Waals surface area contributed by atoms with Crippen molar-refractivity contribution in [1.29, 1.82) is 0 Å². The van der Waals surface area contributed by atoms with Crippen molar-refractivity contribution in [3.63, 3.8) is 0 Å². The molecule has 61 heavy (non-hydrogen) atoms. The lowest BCUT2D eigenvalue weighted by Gasteiger charge is -2.31. The highest BCUT2D eigenvalue weighted by molar-refractivity contribution is 5.98. The van der Waals surface area contributed by atoms with Gasteiger partial charge in [0.25, 0.3) is 0 Å². The number of primary amides is 2. The van der Waals surface area contributed by atoms with Gasteiger partial charge in [0, 0.05) is 25.9 Å².